The summed E-state index contributed by atoms with van der Waals surface area (Å²) in [4.78, 5) is 15.1. The normalized spacial score (nSPS) is 11.9. The van der Waals surface area contributed by atoms with Gasteiger partial charge in [0.05, 0.1) is 22.1 Å². The summed E-state index contributed by atoms with van der Waals surface area (Å²) < 4.78 is 9.15. The van der Waals surface area contributed by atoms with Crippen LogP contribution in [0.5, 0.6) is 0 Å². The Morgan fingerprint density at radius 2 is 0.929 bits per heavy atom. The Morgan fingerprint density at radius 1 is 0.339 bits per heavy atom. The van der Waals surface area contributed by atoms with Crippen molar-refractivity contribution in [2.24, 2.45) is 0 Å². The molecule has 5 heteroatoms. The maximum Gasteiger partial charge on any atom is 0.164 e. The minimum Gasteiger partial charge on any atom is -0.456 e. The Balaban J connectivity index is 1.15. The third-order valence-electron chi connectivity index (χ3n) is 11.2. The maximum absolute atomic E-state index is 6.71. The summed E-state index contributed by atoms with van der Waals surface area (Å²) in [5.74, 6) is 1.89. The first kappa shape index (κ1) is 30.8. The molecule has 0 fully saturated rings. The third-order valence-corrected chi connectivity index (χ3v) is 11.2. The predicted octanol–water partition coefficient (Wildman–Crippen LogP) is 13.3. The van der Waals surface area contributed by atoms with Crippen LogP contribution in [0.1, 0.15) is 0 Å². The lowest BCUT2D eigenvalue weighted by molar-refractivity contribution is 0.669. The van der Waals surface area contributed by atoms with E-state index in [1.54, 1.807) is 0 Å². The van der Waals surface area contributed by atoms with Crippen LogP contribution in [-0.4, -0.2) is 19.5 Å². The summed E-state index contributed by atoms with van der Waals surface area (Å²) in [5, 5.41) is 11.7. The lowest BCUT2D eigenvalue weighted by atomic mass is 10.00. The highest BCUT2D eigenvalue weighted by atomic mass is 16.3. The van der Waals surface area contributed by atoms with E-state index in [9.17, 15) is 0 Å². The minimum atomic E-state index is 0.616. The van der Waals surface area contributed by atoms with E-state index < -0.39 is 0 Å². The molecule has 0 unspecified atom stereocenters. The zero-order valence-corrected chi connectivity index (χ0v) is 30.0. The van der Waals surface area contributed by atoms with Gasteiger partial charge in [0.1, 0.15) is 11.2 Å². The molecule has 3 heterocycles. The van der Waals surface area contributed by atoms with Gasteiger partial charge in [0.2, 0.25) is 0 Å². The van der Waals surface area contributed by atoms with Crippen LogP contribution >= 0.6 is 0 Å². The van der Waals surface area contributed by atoms with Crippen LogP contribution in [0, 0.1) is 0 Å². The molecule has 0 aliphatic rings. The van der Waals surface area contributed by atoms with E-state index >= 15 is 0 Å². The zero-order chi connectivity index (χ0) is 36.7. The molecule has 0 spiro atoms. The third kappa shape index (κ3) is 4.64. The number of hydrogen-bond donors (Lipinski definition) is 0. The monoisotopic (exact) mass is 714 g/mol. The Hall–Kier alpha value is -7.63. The minimum absolute atomic E-state index is 0.616. The Morgan fingerprint density at radius 3 is 1.68 bits per heavy atom. The molecular weight excluding hydrogens is 685 g/mol. The van der Waals surface area contributed by atoms with Crippen LogP contribution in [0.3, 0.4) is 0 Å². The van der Waals surface area contributed by atoms with E-state index in [1.807, 2.05) is 60.7 Å². The van der Waals surface area contributed by atoms with E-state index in [4.69, 9.17) is 19.4 Å². The fraction of sp³-hybridized carbons (Fsp3) is 0. The molecule has 5 nitrogen and oxygen atoms in total. The largest absolute Gasteiger partial charge is 0.456 e. The van der Waals surface area contributed by atoms with Gasteiger partial charge >= 0.3 is 0 Å². The predicted molar refractivity (Wildman–Crippen MR) is 230 cm³/mol. The number of fused-ring (bicyclic) bond motifs is 11. The molecule has 9 aromatic carbocycles. The smallest absolute Gasteiger partial charge is 0.164 e. The lowest BCUT2D eigenvalue weighted by Crippen LogP contribution is -2.00. The second-order valence-electron chi connectivity index (χ2n) is 14.4. The van der Waals surface area contributed by atoms with Crippen molar-refractivity contribution in [1.29, 1.82) is 0 Å². The molecule has 0 aliphatic carbocycles. The van der Waals surface area contributed by atoms with E-state index in [0.29, 0.717) is 17.5 Å². The molecule has 12 rings (SSSR count). The van der Waals surface area contributed by atoms with Gasteiger partial charge in [-0.15, -0.1) is 0 Å². The average Bonchev–Trinajstić information content (AvgIpc) is 3.82. The zero-order valence-electron chi connectivity index (χ0n) is 30.0. The fourth-order valence-electron chi connectivity index (χ4n) is 8.61. The number of aromatic nitrogens is 4. The van der Waals surface area contributed by atoms with E-state index in [-0.39, 0.29) is 0 Å². The quantitative estimate of drug-likeness (QED) is 0.182. The topological polar surface area (TPSA) is 56.7 Å². The van der Waals surface area contributed by atoms with Crippen LogP contribution in [0.25, 0.3) is 116 Å². The van der Waals surface area contributed by atoms with Gasteiger partial charge in [-0.1, -0.05) is 140 Å². The Labute approximate surface area is 320 Å². The van der Waals surface area contributed by atoms with Crippen LogP contribution < -0.4 is 0 Å². The molecule has 0 amide bonds. The summed E-state index contributed by atoms with van der Waals surface area (Å²) >= 11 is 0. The second-order valence-corrected chi connectivity index (χ2v) is 14.4. The van der Waals surface area contributed by atoms with Gasteiger partial charge in [0.15, 0.2) is 17.5 Å². The number of furan rings is 1. The van der Waals surface area contributed by atoms with Crippen molar-refractivity contribution in [3.63, 3.8) is 0 Å². The summed E-state index contributed by atoms with van der Waals surface area (Å²) in [5.41, 5.74) is 7.84. The number of hydrogen-bond acceptors (Lipinski definition) is 4. The van der Waals surface area contributed by atoms with E-state index in [0.717, 1.165) is 66.1 Å². The summed E-state index contributed by atoms with van der Waals surface area (Å²) in [7, 11) is 0. The molecular formula is C51H30N4O. The fourth-order valence-corrected chi connectivity index (χ4v) is 8.61. The molecule has 56 heavy (non-hydrogen) atoms. The van der Waals surface area contributed by atoms with Crippen molar-refractivity contribution in [3.05, 3.63) is 182 Å². The van der Waals surface area contributed by atoms with Crippen LogP contribution in [-0.2, 0) is 0 Å². The number of benzene rings is 9. The molecule has 0 saturated carbocycles. The van der Waals surface area contributed by atoms with Crippen molar-refractivity contribution in [2.45, 2.75) is 0 Å². The van der Waals surface area contributed by atoms with Gasteiger partial charge < -0.3 is 8.98 Å². The summed E-state index contributed by atoms with van der Waals surface area (Å²) in [6.07, 6.45) is 0. The summed E-state index contributed by atoms with van der Waals surface area (Å²) in [6.45, 7) is 0. The number of nitrogens with zero attached hydrogens (tertiary/aromatic N) is 4. The molecule has 3 aromatic heterocycles. The Bertz CT molecular complexity index is 3470. The highest BCUT2D eigenvalue weighted by molar-refractivity contribution is 6.26. The van der Waals surface area contributed by atoms with Gasteiger partial charge in [-0.3, -0.25) is 0 Å². The van der Waals surface area contributed by atoms with Crippen LogP contribution in [0.2, 0.25) is 0 Å². The van der Waals surface area contributed by atoms with E-state index in [2.05, 4.69) is 126 Å². The molecule has 0 radical (unpaired) electrons. The standard InChI is InChI=1S/C51H30N4O/c1-3-13-33(14-4-1)49-52-50(34-15-5-2-6-16-34)54-51(53-49)37-23-22-32-25-27-45-47(39(32)29-37)48-41(20-11-21-44(48)56-45)55-42-26-24-31-12-9-10-19-38(31)46(42)40-28-35-17-7-8-18-36(35)30-43(40)55/h1-30H. The molecule has 0 N–H and O–H groups in total. The van der Waals surface area contributed by atoms with Gasteiger partial charge in [0, 0.05) is 32.8 Å². The SMILES string of the molecule is c1ccc(-c2nc(-c3ccccc3)nc(-c3ccc4ccc5oc6cccc(-n7c8cc9ccccc9cc8c8c9ccccc9ccc87)c6c5c4c3)n2)cc1. The first-order valence-electron chi connectivity index (χ1n) is 18.9. The van der Waals surface area contributed by atoms with Gasteiger partial charge in [-0.25, -0.2) is 15.0 Å². The van der Waals surface area contributed by atoms with E-state index in [1.165, 1.54) is 32.3 Å². The first-order chi connectivity index (χ1) is 27.7. The molecule has 0 bridgehead atoms. The van der Waals surface area contributed by atoms with Gasteiger partial charge in [-0.2, -0.15) is 0 Å². The molecule has 260 valence electrons. The number of rotatable bonds is 4. The van der Waals surface area contributed by atoms with Crippen molar-refractivity contribution in [1.82, 2.24) is 19.5 Å². The van der Waals surface area contributed by atoms with Crippen molar-refractivity contribution in [2.75, 3.05) is 0 Å². The highest BCUT2D eigenvalue weighted by Gasteiger charge is 2.21. The van der Waals surface area contributed by atoms with Gasteiger partial charge in [-0.05, 0) is 74.8 Å². The summed E-state index contributed by atoms with van der Waals surface area (Å²) in [6, 6.07) is 63.9. The molecule has 0 atom stereocenters. The average molecular weight is 715 g/mol. The second kappa shape index (κ2) is 11.9. The van der Waals surface area contributed by atoms with Crippen molar-refractivity contribution >= 4 is 76.1 Å². The maximum atomic E-state index is 6.71. The molecule has 12 aromatic rings. The highest BCUT2D eigenvalue weighted by Crippen LogP contribution is 2.44. The Kier molecular flexibility index (Phi) is 6.56. The first-order valence-corrected chi connectivity index (χ1v) is 18.9. The van der Waals surface area contributed by atoms with Crippen molar-refractivity contribution in [3.8, 4) is 39.9 Å². The molecule has 0 saturated heterocycles. The van der Waals surface area contributed by atoms with Crippen molar-refractivity contribution < 1.29 is 4.42 Å². The lowest BCUT2D eigenvalue weighted by Gasteiger charge is -2.12. The van der Waals surface area contributed by atoms with Crippen LogP contribution in [0.4, 0.5) is 0 Å². The van der Waals surface area contributed by atoms with Crippen LogP contribution in [0.15, 0.2) is 186 Å². The molecule has 0 aliphatic heterocycles. The van der Waals surface area contributed by atoms with Gasteiger partial charge in [0.25, 0.3) is 0 Å².